The zero-order valence-corrected chi connectivity index (χ0v) is 18.4. The Balaban J connectivity index is 3.69. The number of ether oxygens (including phenoxy) is 4. The predicted octanol–water partition coefficient (Wildman–Crippen LogP) is 0.114. The van der Waals surface area contributed by atoms with Crippen LogP contribution in [0.25, 0.3) is 0 Å². The Morgan fingerprint density at radius 1 is 0.800 bits per heavy atom. The summed E-state index contributed by atoms with van der Waals surface area (Å²) in [6.45, 7) is 4.87. The van der Waals surface area contributed by atoms with Gasteiger partial charge in [-0.05, 0) is 0 Å². The van der Waals surface area contributed by atoms with E-state index in [1.807, 2.05) is 0 Å². The number of amides is 1. The van der Waals surface area contributed by atoms with Crippen molar-refractivity contribution in [3.8, 4) is 0 Å². The van der Waals surface area contributed by atoms with Gasteiger partial charge in [-0.15, -0.1) is 0 Å². The number of carbonyl (C=O) groups is 5. The summed E-state index contributed by atoms with van der Waals surface area (Å²) in [5.41, 5.74) is -1.35. The third-order valence-electron chi connectivity index (χ3n) is 4.18. The number of carbonyl (C=O) groups excluding carboxylic acids is 5. The minimum absolute atomic E-state index is 0.555. The third kappa shape index (κ3) is 6.27. The highest BCUT2D eigenvalue weighted by Crippen LogP contribution is 2.62. The fourth-order valence-electron chi connectivity index (χ4n) is 3.22. The van der Waals surface area contributed by atoms with Crippen LogP contribution < -0.4 is 5.32 Å². The SMILES string of the molecule is COP1(=O)C(OC(C)=O)[C@H](NC(C)=O)[C@@H](OC(C)=O)[C@H](OC(C)=O)[C@H]1COC(C)=O. The molecule has 0 bridgehead atoms. The van der Waals surface area contributed by atoms with E-state index in [4.69, 9.17) is 23.5 Å². The van der Waals surface area contributed by atoms with E-state index in [1.54, 1.807) is 0 Å². The number of hydrogen-bond acceptors (Lipinski definition) is 11. The second-order valence-corrected chi connectivity index (χ2v) is 9.40. The Kier molecular flexibility index (Phi) is 8.98. The van der Waals surface area contributed by atoms with Crippen LogP contribution in [0, 0.1) is 0 Å². The van der Waals surface area contributed by atoms with E-state index in [0.29, 0.717) is 0 Å². The van der Waals surface area contributed by atoms with Crippen LogP contribution in [0.15, 0.2) is 0 Å². The monoisotopic (exact) mass is 451 g/mol. The molecule has 1 amide bonds. The summed E-state index contributed by atoms with van der Waals surface area (Å²) < 4.78 is 39.8. The minimum atomic E-state index is -4.13. The highest BCUT2D eigenvalue weighted by Gasteiger charge is 2.63. The lowest BCUT2D eigenvalue weighted by Crippen LogP contribution is -2.65. The van der Waals surface area contributed by atoms with Crippen molar-refractivity contribution in [3.05, 3.63) is 0 Å². The van der Waals surface area contributed by atoms with Gasteiger partial charge in [0.1, 0.15) is 18.3 Å². The maximum Gasteiger partial charge on any atom is 0.303 e. The smallest absolute Gasteiger partial charge is 0.303 e. The summed E-state index contributed by atoms with van der Waals surface area (Å²) in [7, 11) is -3.06. The highest BCUT2D eigenvalue weighted by molar-refractivity contribution is 7.60. The molecule has 6 atom stereocenters. The van der Waals surface area contributed by atoms with Crippen LogP contribution in [0.4, 0.5) is 0 Å². The molecular formula is C17H26NO11P. The zero-order valence-electron chi connectivity index (χ0n) is 17.5. The van der Waals surface area contributed by atoms with Gasteiger partial charge in [-0.2, -0.15) is 0 Å². The van der Waals surface area contributed by atoms with Gasteiger partial charge < -0.3 is 28.8 Å². The van der Waals surface area contributed by atoms with Crippen LogP contribution in [-0.4, -0.2) is 73.3 Å². The van der Waals surface area contributed by atoms with Crippen molar-refractivity contribution in [2.45, 2.75) is 64.4 Å². The lowest BCUT2D eigenvalue weighted by Gasteiger charge is -2.47. The van der Waals surface area contributed by atoms with Gasteiger partial charge in [-0.3, -0.25) is 28.5 Å². The Hall–Kier alpha value is -2.46. The van der Waals surface area contributed by atoms with E-state index >= 15 is 0 Å². The van der Waals surface area contributed by atoms with Gasteiger partial charge in [0.05, 0.1) is 0 Å². The first-order valence-electron chi connectivity index (χ1n) is 8.90. The van der Waals surface area contributed by atoms with Gasteiger partial charge >= 0.3 is 23.9 Å². The first-order chi connectivity index (χ1) is 13.8. The van der Waals surface area contributed by atoms with Crippen molar-refractivity contribution in [3.63, 3.8) is 0 Å². The second-order valence-electron chi connectivity index (χ2n) is 6.57. The molecule has 0 aliphatic carbocycles. The molecule has 1 heterocycles. The molecule has 0 radical (unpaired) electrons. The maximum absolute atomic E-state index is 13.9. The fourth-order valence-corrected chi connectivity index (χ4v) is 5.98. The molecule has 1 N–H and O–H groups in total. The molecule has 13 heteroatoms. The number of hydrogen-bond donors (Lipinski definition) is 1. The molecule has 0 saturated carbocycles. The van der Waals surface area contributed by atoms with Gasteiger partial charge in [0.2, 0.25) is 11.8 Å². The number of rotatable bonds is 7. The lowest BCUT2D eigenvalue weighted by atomic mass is 10.0. The molecule has 1 fully saturated rings. The van der Waals surface area contributed by atoms with Crippen molar-refractivity contribution >= 4 is 37.2 Å². The largest absolute Gasteiger partial charge is 0.465 e. The number of esters is 4. The molecule has 0 spiro atoms. The third-order valence-corrected chi connectivity index (χ3v) is 7.26. The Labute approximate surface area is 173 Å². The van der Waals surface area contributed by atoms with E-state index in [-0.39, 0.29) is 0 Å². The molecule has 2 unspecified atom stereocenters. The molecule has 170 valence electrons. The Bertz CT molecular complexity index is 752. The summed E-state index contributed by atoms with van der Waals surface area (Å²) >= 11 is 0. The normalized spacial score (nSPS) is 30.5. The molecule has 0 aromatic carbocycles. The molecular weight excluding hydrogens is 425 g/mol. The van der Waals surface area contributed by atoms with Crippen LogP contribution in [0.5, 0.6) is 0 Å². The maximum atomic E-state index is 13.9. The van der Waals surface area contributed by atoms with Gasteiger partial charge in [-0.25, -0.2) is 0 Å². The molecule has 1 aliphatic heterocycles. The molecule has 0 aromatic heterocycles. The van der Waals surface area contributed by atoms with Crippen LogP contribution >= 0.6 is 7.37 Å². The minimum Gasteiger partial charge on any atom is -0.465 e. The first kappa shape index (κ1) is 25.6. The standard InChI is InChI=1S/C17H26NO11P/c1-8(19)18-14-16(28-11(4)22)15(27-10(3)21)13(7-26-9(2)20)30(24,25-6)17(14)29-12(5)23/h13-17H,7H2,1-6H3,(H,18,19)/t13-,14-,15-,16-,17?,30?/m1/s1. The summed E-state index contributed by atoms with van der Waals surface area (Å²) in [6, 6.07) is -1.38. The average Bonchev–Trinajstić information content (AvgIpc) is 2.59. The number of nitrogens with one attached hydrogen (secondary N) is 1. The molecule has 1 saturated heterocycles. The van der Waals surface area contributed by atoms with E-state index < -0.39 is 73.5 Å². The molecule has 12 nitrogen and oxygen atoms in total. The second kappa shape index (κ2) is 10.5. The van der Waals surface area contributed by atoms with Crippen molar-refractivity contribution in [2.75, 3.05) is 13.7 Å². The predicted molar refractivity (Wildman–Crippen MR) is 99.3 cm³/mol. The highest BCUT2D eigenvalue weighted by atomic mass is 31.2. The van der Waals surface area contributed by atoms with Crippen molar-refractivity contribution < 1.29 is 52.0 Å². The summed E-state index contributed by atoms with van der Waals surface area (Å²) in [5, 5.41) is 2.43. The van der Waals surface area contributed by atoms with Crippen molar-refractivity contribution in [1.82, 2.24) is 5.32 Å². The average molecular weight is 451 g/mol. The van der Waals surface area contributed by atoms with Gasteiger partial charge in [0.15, 0.2) is 12.2 Å². The van der Waals surface area contributed by atoms with Gasteiger partial charge in [0, 0.05) is 41.7 Å². The summed E-state index contributed by atoms with van der Waals surface area (Å²) in [5.74, 6) is -5.45. The van der Waals surface area contributed by atoms with E-state index in [1.165, 1.54) is 0 Å². The molecule has 1 aliphatic rings. The Morgan fingerprint density at radius 2 is 1.30 bits per heavy atom. The summed E-state index contributed by atoms with van der Waals surface area (Å²) in [4.78, 5) is 58.4. The topological polar surface area (TPSA) is 161 Å². The molecule has 1 rings (SSSR count). The van der Waals surface area contributed by atoms with Crippen LogP contribution in [-0.2, 0) is 52.0 Å². The molecule has 0 aromatic rings. The molecule has 30 heavy (non-hydrogen) atoms. The first-order valence-corrected chi connectivity index (χ1v) is 10.7. The van der Waals surface area contributed by atoms with Gasteiger partial charge in [0.25, 0.3) is 7.37 Å². The quantitative estimate of drug-likeness (QED) is 0.318. The van der Waals surface area contributed by atoms with E-state index in [9.17, 15) is 28.5 Å². The van der Waals surface area contributed by atoms with Gasteiger partial charge in [-0.1, -0.05) is 0 Å². The zero-order chi connectivity index (χ0) is 23.2. The van der Waals surface area contributed by atoms with Crippen LogP contribution in [0.2, 0.25) is 0 Å². The van der Waals surface area contributed by atoms with Crippen molar-refractivity contribution in [1.29, 1.82) is 0 Å². The summed E-state index contributed by atoms with van der Waals surface area (Å²) in [6.07, 6.45) is -2.86. The fraction of sp³-hybridized carbons (Fsp3) is 0.706. The Morgan fingerprint density at radius 3 is 1.70 bits per heavy atom. The van der Waals surface area contributed by atoms with Crippen LogP contribution in [0.3, 0.4) is 0 Å². The van der Waals surface area contributed by atoms with Crippen LogP contribution in [0.1, 0.15) is 34.6 Å². The van der Waals surface area contributed by atoms with Crippen molar-refractivity contribution in [2.24, 2.45) is 0 Å². The van der Waals surface area contributed by atoms with E-state index in [2.05, 4.69) is 5.32 Å². The lowest BCUT2D eigenvalue weighted by molar-refractivity contribution is -0.177. The van der Waals surface area contributed by atoms with E-state index in [0.717, 1.165) is 41.7 Å².